The molecule has 0 spiro atoms. The highest BCUT2D eigenvalue weighted by Gasteiger charge is 2.49. The minimum Gasteiger partial charge on any atom is -0.497 e. The number of rotatable bonds is 9. The van der Waals surface area contributed by atoms with Gasteiger partial charge in [-0.3, -0.25) is 19.7 Å². The molecule has 3 atom stereocenters. The maximum Gasteiger partial charge on any atom is 0.324 e. The van der Waals surface area contributed by atoms with E-state index < -0.39 is 40.0 Å². The molecule has 0 unspecified atom stereocenters. The van der Waals surface area contributed by atoms with Crippen molar-refractivity contribution in [2.45, 2.75) is 36.1 Å². The summed E-state index contributed by atoms with van der Waals surface area (Å²) in [5, 5.41) is 8.13. The SMILES string of the molecule is COC(=O)[C@@H]1N[C@@H]([C@H](NC(=O)COc2ccccc2)C(=O)Nc2ccc(OC)cc2)SC1(C)C. The van der Waals surface area contributed by atoms with Crippen LogP contribution in [0.2, 0.25) is 0 Å². The van der Waals surface area contributed by atoms with Crippen molar-refractivity contribution in [3.05, 3.63) is 54.6 Å². The molecule has 0 bridgehead atoms. The van der Waals surface area contributed by atoms with Crippen molar-refractivity contribution in [3.63, 3.8) is 0 Å². The minimum atomic E-state index is -0.993. The Morgan fingerprint density at radius 1 is 1.03 bits per heavy atom. The molecular weight excluding hydrogens is 458 g/mol. The molecule has 34 heavy (non-hydrogen) atoms. The van der Waals surface area contributed by atoms with Gasteiger partial charge >= 0.3 is 5.97 Å². The van der Waals surface area contributed by atoms with Gasteiger partial charge in [0.05, 0.1) is 19.6 Å². The van der Waals surface area contributed by atoms with E-state index in [0.29, 0.717) is 17.2 Å². The summed E-state index contributed by atoms with van der Waals surface area (Å²) in [6, 6.07) is 14.1. The average molecular weight is 488 g/mol. The second-order valence-corrected chi connectivity index (χ2v) is 9.93. The predicted molar refractivity (Wildman–Crippen MR) is 130 cm³/mol. The molecule has 2 aromatic rings. The Labute approximate surface area is 202 Å². The third-order valence-corrected chi connectivity index (χ3v) is 6.77. The van der Waals surface area contributed by atoms with Gasteiger partial charge in [0, 0.05) is 10.4 Å². The van der Waals surface area contributed by atoms with E-state index in [-0.39, 0.29) is 6.61 Å². The monoisotopic (exact) mass is 487 g/mol. The molecule has 1 saturated heterocycles. The van der Waals surface area contributed by atoms with Gasteiger partial charge in [-0.25, -0.2) is 0 Å². The van der Waals surface area contributed by atoms with Crippen molar-refractivity contribution in [1.82, 2.24) is 10.6 Å². The van der Waals surface area contributed by atoms with Gasteiger partial charge in [0.2, 0.25) is 5.91 Å². The van der Waals surface area contributed by atoms with Gasteiger partial charge < -0.3 is 24.8 Å². The van der Waals surface area contributed by atoms with Crippen LogP contribution in [0, 0.1) is 0 Å². The lowest BCUT2D eigenvalue weighted by atomic mass is 10.0. The zero-order valence-electron chi connectivity index (χ0n) is 19.5. The highest BCUT2D eigenvalue weighted by atomic mass is 32.2. The van der Waals surface area contributed by atoms with Crippen LogP contribution in [-0.2, 0) is 19.1 Å². The van der Waals surface area contributed by atoms with Crippen molar-refractivity contribution >= 4 is 35.2 Å². The summed E-state index contributed by atoms with van der Waals surface area (Å²) < 4.78 is 15.0. The van der Waals surface area contributed by atoms with E-state index >= 15 is 0 Å². The number of nitrogens with one attached hydrogen (secondary N) is 3. The molecule has 2 amide bonds. The fraction of sp³-hybridized carbons (Fsp3) is 0.375. The van der Waals surface area contributed by atoms with E-state index in [2.05, 4.69) is 16.0 Å². The molecule has 3 rings (SSSR count). The molecule has 1 aliphatic heterocycles. The average Bonchev–Trinajstić information content (AvgIpc) is 3.16. The van der Waals surface area contributed by atoms with Gasteiger partial charge in [0.1, 0.15) is 23.6 Å². The largest absolute Gasteiger partial charge is 0.497 e. The third kappa shape index (κ3) is 6.42. The number of carbonyl (C=O) groups excluding carboxylic acids is 3. The van der Waals surface area contributed by atoms with Crippen LogP contribution in [0.1, 0.15) is 13.8 Å². The number of esters is 1. The van der Waals surface area contributed by atoms with Crippen LogP contribution in [0.5, 0.6) is 11.5 Å². The molecule has 9 nitrogen and oxygen atoms in total. The quantitative estimate of drug-likeness (QED) is 0.461. The van der Waals surface area contributed by atoms with E-state index in [4.69, 9.17) is 14.2 Å². The fourth-order valence-corrected chi connectivity index (χ4v) is 4.97. The third-order valence-electron chi connectivity index (χ3n) is 5.27. The molecule has 1 heterocycles. The van der Waals surface area contributed by atoms with Crippen LogP contribution < -0.4 is 25.4 Å². The smallest absolute Gasteiger partial charge is 0.324 e. The van der Waals surface area contributed by atoms with Gasteiger partial charge in [-0.1, -0.05) is 18.2 Å². The first kappa shape index (κ1) is 25.4. The number of hydrogen-bond donors (Lipinski definition) is 3. The number of thioether (sulfide) groups is 1. The summed E-state index contributed by atoms with van der Waals surface area (Å²) in [5.41, 5.74) is 0.539. The zero-order chi connectivity index (χ0) is 24.7. The van der Waals surface area contributed by atoms with Crippen LogP contribution in [0.25, 0.3) is 0 Å². The molecule has 3 N–H and O–H groups in total. The second kappa shape index (κ2) is 11.3. The van der Waals surface area contributed by atoms with E-state index in [1.54, 1.807) is 55.6 Å². The molecule has 0 saturated carbocycles. The Balaban J connectivity index is 1.75. The van der Waals surface area contributed by atoms with E-state index in [0.717, 1.165) is 0 Å². The lowest BCUT2D eigenvalue weighted by molar-refractivity contribution is -0.143. The highest BCUT2D eigenvalue weighted by Crippen LogP contribution is 2.39. The highest BCUT2D eigenvalue weighted by molar-refractivity contribution is 8.01. The molecule has 0 aromatic heterocycles. The first-order valence-corrected chi connectivity index (χ1v) is 11.6. The van der Waals surface area contributed by atoms with E-state index in [1.165, 1.54) is 18.9 Å². The standard InChI is InChI=1S/C24H29N3O6S/c1-24(2)20(23(30)32-4)27-22(34-24)19(21(29)25-15-10-12-16(31-3)13-11-15)26-18(28)14-33-17-8-6-5-7-9-17/h5-13,19-20,22,27H,14H2,1-4H3,(H,25,29)(H,26,28)/t19-,20+,22-/m1/s1. The van der Waals surface area contributed by atoms with Crippen molar-refractivity contribution in [1.29, 1.82) is 0 Å². The van der Waals surface area contributed by atoms with Crippen molar-refractivity contribution in [2.24, 2.45) is 0 Å². The van der Waals surface area contributed by atoms with Crippen LogP contribution >= 0.6 is 11.8 Å². The number of anilines is 1. The number of amides is 2. The van der Waals surface area contributed by atoms with Gasteiger partial charge in [-0.05, 0) is 50.2 Å². The molecular formula is C24H29N3O6S. The molecule has 10 heteroatoms. The Kier molecular flexibility index (Phi) is 8.41. The fourth-order valence-electron chi connectivity index (χ4n) is 3.48. The Bertz CT molecular complexity index is 1000. The molecule has 0 radical (unpaired) electrons. The first-order valence-electron chi connectivity index (χ1n) is 10.7. The Morgan fingerprint density at radius 2 is 1.71 bits per heavy atom. The number of carbonyl (C=O) groups is 3. The zero-order valence-corrected chi connectivity index (χ0v) is 20.3. The lowest BCUT2D eigenvalue weighted by Gasteiger charge is -2.25. The number of para-hydroxylation sites is 1. The van der Waals surface area contributed by atoms with Crippen LogP contribution in [0.15, 0.2) is 54.6 Å². The number of methoxy groups -OCH3 is 2. The minimum absolute atomic E-state index is 0.266. The summed E-state index contributed by atoms with van der Waals surface area (Å²) in [6.45, 7) is 3.49. The lowest BCUT2D eigenvalue weighted by Crippen LogP contribution is -2.56. The number of benzene rings is 2. The second-order valence-electron chi connectivity index (χ2n) is 8.13. The summed E-state index contributed by atoms with van der Waals surface area (Å²) in [7, 11) is 2.87. The Morgan fingerprint density at radius 3 is 2.32 bits per heavy atom. The van der Waals surface area contributed by atoms with Crippen LogP contribution in [0.3, 0.4) is 0 Å². The molecule has 182 valence electrons. The normalized spacial score (nSPS) is 19.5. The van der Waals surface area contributed by atoms with Crippen LogP contribution in [0.4, 0.5) is 5.69 Å². The van der Waals surface area contributed by atoms with Crippen molar-refractivity contribution in [3.8, 4) is 11.5 Å². The maximum atomic E-state index is 13.3. The van der Waals surface area contributed by atoms with Gasteiger partial charge in [0.25, 0.3) is 5.91 Å². The van der Waals surface area contributed by atoms with Crippen molar-refractivity contribution in [2.75, 3.05) is 26.1 Å². The van der Waals surface area contributed by atoms with E-state index in [9.17, 15) is 14.4 Å². The summed E-state index contributed by atoms with van der Waals surface area (Å²) in [4.78, 5) is 38.2. The molecule has 1 aliphatic rings. The van der Waals surface area contributed by atoms with Gasteiger partial charge in [-0.2, -0.15) is 0 Å². The molecule has 2 aromatic carbocycles. The topological polar surface area (TPSA) is 115 Å². The van der Waals surface area contributed by atoms with Gasteiger partial charge in [-0.15, -0.1) is 11.8 Å². The van der Waals surface area contributed by atoms with Crippen LogP contribution in [-0.4, -0.2) is 60.8 Å². The number of hydrogen-bond acceptors (Lipinski definition) is 8. The van der Waals surface area contributed by atoms with Crippen molar-refractivity contribution < 1.29 is 28.6 Å². The number of ether oxygens (including phenoxy) is 3. The summed E-state index contributed by atoms with van der Waals surface area (Å²) in [5.74, 6) is -0.160. The molecule has 1 fully saturated rings. The summed E-state index contributed by atoms with van der Waals surface area (Å²) in [6.07, 6.45) is 0. The van der Waals surface area contributed by atoms with E-state index in [1.807, 2.05) is 19.9 Å². The summed E-state index contributed by atoms with van der Waals surface area (Å²) >= 11 is 1.38. The van der Waals surface area contributed by atoms with Gasteiger partial charge in [0.15, 0.2) is 6.61 Å². The predicted octanol–water partition coefficient (Wildman–Crippen LogP) is 2.18. The molecule has 0 aliphatic carbocycles. The maximum absolute atomic E-state index is 13.3. The Hall–Kier alpha value is -3.24. The first-order chi connectivity index (χ1) is 16.2.